The second kappa shape index (κ2) is 9.91. The van der Waals surface area contributed by atoms with Gasteiger partial charge in [-0.15, -0.1) is 0 Å². The largest absolute Gasteiger partial charge is 0.493 e. The lowest BCUT2D eigenvalue weighted by atomic mass is 10.0. The Morgan fingerprint density at radius 3 is 2.60 bits per heavy atom. The summed E-state index contributed by atoms with van der Waals surface area (Å²) in [6.45, 7) is 0.938. The third-order valence-electron chi connectivity index (χ3n) is 5.22. The Balaban J connectivity index is 1.44. The molecule has 0 atom stereocenters. The van der Waals surface area contributed by atoms with Crippen LogP contribution in [0, 0.1) is 0 Å². The molecule has 0 saturated heterocycles. The summed E-state index contributed by atoms with van der Waals surface area (Å²) >= 11 is 0. The van der Waals surface area contributed by atoms with Gasteiger partial charge in [0.15, 0.2) is 17.3 Å². The molecule has 0 bridgehead atoms. The molecule has 3 rings (SSSR count). The van der Waals surface area contributed by atoms with Gasteiger partial charge in [0.25, 0.3) is 0 Å². The van der Waals surface area contributed by atoms with Crippen molar-refractivity contribution in [1.29, 1.82) is 0 Å². The van der Waals surface area contributed by atoms with Crippen molar-refractivity contribution in [3.8, 4) is 11.5 Å². The molecule has 7 heteroatoms. The Kier molecular flexibility index (Phi) is 7.06. The Hall–Kier alpha value is -3.35. The predicted octanol–water partition coefficient (Wildman–Crippen LogP) is 2.54. The first-order chi connectivity index (χ1) is 14.5. The highest BCUT2D eigenvalue weighted by Crippen LogP contribution is 2.29. The van der Waals surface area contributed by atoms with Crippen LogP contribution in [0.25, 0.3) is 0 Å². The van der Waals surface area contributed by atoms with Crippen LogP contribution < -0.4 is 19.7 Å². The van der Waals surface area contributed by atoms with E-state index in [1.165, 1.54) is 0 Å². The summed E-state index contributed by atoms with van der Waals surface area (Å²) in [7, 11) is 3.15. The molecule has 0 spiro atoms. The van der Waals surface area contributed by atoms with Crippen LogP contribution in [0.3, 0.4) is 0 Å². The molecular weight excluding hydrogens is 384 g/mol. The normalized spacial score (nSPS) is 12.3. The molecule has 2 aromatic rings. The van der Waals surface area contributed by atoms with Crippen molar-refractivity contribution in [3.05, 3.63) is 53.1 Å². The number of amides is 2. The van der Waals surface area contributed by atoms with Gasteiger partial charge < -0.3 is 19.7 Å². The van der Waals surface area contributed by atoms with E-state index in [4.69, 9.17) is 9.47 Å². The lowest BCUT2D eigenvalue weighted by Crippen LogP contribution is -2.26. The molecule has 1 heterocycles. The number of methoxy groups -OCH3 is 2. The summed E-state index contributed by atoms with van der Waals surface area (Å²) in [5, 5.41) is 2.80. The molecule has 2 amide bonds. The summed E-state index contributed by atoms with van der Waals surface area (Å²) in [4.78, 5) is 37.2. The molecular formula is C23H26N2O5. The topological polar surface area (TPSA) is 84.9 Å². The zero-order chi connectivity index (χ0) is 21.5. The molecule has 158 valence electrons. The van der Waals surface area contributed by atoms with E-state index < -0.39 is 0 Å². The van der Waals surface area contributed by atoms with Crippen LogP contribution >= 0.6 is 0 Å². The third-order valence-corrected chi connectivity index (χ3v) is 5.22. The zero-order valence-electron chi connectivity index (χ0n) is 17.3. The van der Waals surface area contributed by atoms with E-state index in [1.54, 1.807) is 25.2 Å². The fraction of sp³-hybridized carbons (Fsp3) is 0.348. The van der Waals surface area contributed by atoms with Crippen molar-refractivity contribution in [2.24, 2.45) is 0 Å². The number of nitrogens with zero attached hydrogens (tertiary/aromatic N) is 1. The number of fused-ring (bicyclic) bond motifs is 1. The number of ketones is 1. The molecule has 30 heavy (non-hydrogen) atoms. The van der Waals surface area contributed by atoms with Gasteiger partial charge in [0, 0.05) is 37.2 Å². The van der Waals surface area contributed by atoms with Crippen LogP contribution in [-0.2, 0) is 22.4 Å². The minimum absolute atomic E-state index is 0.0254. The van der Waals surface area contributed by atoms with Crippen molar-refractivity contribution in [2.45, 2.75) is 25.7 Å². The summed E-state index contributed by atoms with van der Waals surface area (Å²) < 4.78 is 10.5. The minimum Gasteiger partial charge on any atom is -0.493 e. The average Bonchev–Trinajstić information content (AvgIpc) is 3.19. The summed E-state index contributed by atoms with van der Waals surface area (Å²) in [5.41, 5.74) is 3.46. The highest BCUT2D eigenvalue weighted by Gasteiger charge is 2.19. The fourth-order valence-corrected chi connectivity index (χ4v) is 3.55. The molecule has 0 saturated carbocycles. The molecule has 0 aromatic heterocycles. The van der Waals surface area contributed by atoms with Crippen molar-refractivity contribution in [3.63, 3.8) is 0 Å². The van der Waals surface area contributed by atoms with E-state index in [9.17, 15) is 14.4 Å². The van der Waals surface area contributed by atoms with Crippen LogP contribution in [0.15, 0.2) is 36.4 Å². The number of aryl methyl sites for hydroxylation is 1. The number of carbonyl (C=O) groups is 3. The molecule has 0 fully saturated rings. The van der Waals surface area contributed by atoms with Gasteiger partial charge in [-0.3, -0.25) is 14.4 Å². The van der Waals surface area contributed by atoms with E-state index in [1.807, 2.05) is 30.3 Å². The van der Waals surface area contributed by atoms with Crippen molar-refractivity contribution >= 4 is 23.8 Å². The molecule has 1 N–H and O–H groups in total. The molecule has 1 aliphatic heterocycles. The van der Waals surface area contributed by atoms with Gasteiger partial charge in [0.05, 0.1) is 14.2 Å². The first kappa shape index (κ1) is 21.4. The Morgan fingerprint density at radius 2 is 1.87 bits per heavy atom. The predicted molar refractivity (Wildman–Crippen MR) is 113 cm³/mol. The number of benzene rings is 2. The summed E-state index contributed by atoms with van der Waals surface area (Å²) in [5.74, 6) is 1.15. The van der Waals surface area contributed by atoms with E-state index in [-0.39, 0.29) is 18.1 Å². The summed E-state index contributed by atoms with van der Waals surface area (Å²) in [6, 6.07) is 11.0. The quantitative estimate of drug-likeness (QED) is 0.481. The minimum atomic E-state index is -0.104. The summed E-state index contributed by atoms with van der Waals surface area (Å²) in [6.07, 6.45) is 2.69. The van der Waals surface area contributed by atoms with Crippen molar-refractivity contribution in [1.82, 2.24) is 5.32 Å². The number of nitrogens with one attached hydrogen (secondary N) is 1. The maximum absolute atomic E-state index is 12.4. The Labute approximate surface area is 176 Å². The highest BCUT2D eigenvalue weighted by atomic mass is 16.5. The van der Waals surface area contributed by atoms with Crippen molar-refractivity contribution in [2.75, 3.05) is 32.2 Å². The number of anilines is 1. The van der Waals surface area contributed by atoms with Gasteiger partial charge >= 0.3 is 0 Å². The number of rotatable bonds is 10. The second-order valence-corrected chi connectivity index (χ2v) is 7.10. The standard InChI is InChI=1S/C23H26N2O5/c1-29-21-7-3-16(13-22(21)30-2)4-8-23(28)24-11-9-20(27)18-5-6-19-17(14-18)10-12-25(19)15-26/h3,5-7,13-15H,4,8-12H2,1-2H3,(H,24,28). The monoisotopic (exact) mass is 410 g/mol. The number of ether oxygens (including phenoxy) is 2. The average molecular weight is 410 g/mol. The maximum Gasteiger partial charge on any atom is 0.220 e. The second-order valence-electron chi connectivity index (χ2n) is 7.10. The van der Waals surface area contributed by atoms with Crippen LogP contribution in [0.5, 0.6) is 11.5 Å². The smallest absolute Gasteiger partial charge is 0.220 e. The fourth-order valence-electron chi connectivity index (χ4n) is 3.55. The number of carbonyl (C=O) groups excluding carboxylic acids is 3. The third kappa shape index (κ3) is 4.97. The zero-order valence-corrected chi connectivity index (χ0v) is 17.3. The Bertz CT molecular complexity index is 941. The van der Waals surface area contributed by atoms with E-state index in [2.05, 4.69) is 5.32 Å². The number of Topliss-reactive ketones (excluding diaryl/α,β-unsaturated/α-hetero) is 1. The molecule has 1 aliphatic rings. The van der Waals surface area contributed by atoms with Crippen LogP contribution in [-0.4, -0.2) is 45.4 Å². The SMILES string of the molecule is COc1ccc(CCC(=O)NCCC(=O)c2ccc3c(c2)CCN3C=O)cc1OC. The first-order valence-corrected chi connectivity index (χ1v) is 9.91. The Morgan fingerprint density at radius 1 is 1.07 bits per heavy atom. The van der Waals surface area contributed by atoms with Crippen molar-refractivity contribution < 1.29 is 23.9 Å². The molecule has 0 radical (unpaired) electrons. The molecule has 2 aromatic carbocycles. The van der Waals surface area contributed by atoms with Gasteiger partial charge in [0.2, 0.25) is 12.3 Å². The molecule has 0 unspecified atom stereocenters. The highest BCUT2D eigenvalue weighted by molar-refractivity contribution is 5.97. The van der Waals surface area contributed by atoms with Gasteiger partial charge in [-0.1, -0.05) is 6.07 Å². The van der Waals surface area contributed by atoms with Crippen LogP contribution in [0.4, 0.5) is 5.69 Å². The number of hydrogen-bond acceptors (Lipinski definition) is 5. The van der Waals surface area contributed by atoms with E-state index in [0.717, 1.165) is 29.6 Å². The number of hydrogen-bond donors (Lipinski definition) is 1. The van der Waals surface area contributed by atoms with Crippen LogP contribution in [0.2, 0.25) is 0 Å². The van der Waals surface area contributed by atoms with E-state index in [0.29, 0.717) is 43.0 Å². The van der Waals surface area contributed by atoms with Gasteiger partial charge in [-0.2, -0.15) is 0 Å². The van der Waals surface area contributed by atoms with Crippen LogP contribution in [0.1, 0.15) is 34.3 Å². The molecule has 0 aliphatic carbocycles. The van der Waals surface area contributed by atoms with Gasteiger partial charge in [0.1, 0.15) is 0 Å². The van der Waals surface area contributed by atoms with E-state index >= 15 is 0 Å². The van der Waals surface area contributed by atoms with Gasteiger partial charge in [-0.05, 0) is 54.3 Å². The maximum atomic E-state index is 12.4. The molecule has 7 nitrogen and oxygen atoms in total. The lowest BCUT2D eigenvalue weighted by molar-refractivity contribution is -0.121. The first-order valence-electron chi connectivity index (χ1n) is 9.91. The van der Waals surface area contributed by atoms with Gasteiger partial charge in [-0.25, -0.2) is 0 Å². The lowest BCUT2D eigenvalue weighted by Gasteiger charge is -2.11.